The highest BCUT2D eigenvalue weighted by atomic mass is 16.5. The van der Waals surface area contributed by atoms with Crippen molar-refractivity contribution in [3.05, 3.63) is 101 Å². The number of rotatable bonds is 9. The van der Waals surface area contributed by atoms with Gasteiger partial charge in [-0.1, -0.05) is 80.1 Å². The molecule has 1 unspecified atom stereocenters. The summed E-state index contributed by atoms with van der Waals surface area (Å²) in [6, 6.07) is 24.5. The van der Waals surface area contributed by atoms with E-state index in [1.165, 1.54) is 11.1 Å². The summed E-state index contributed by atoms with van der Waals surface area (Å²) in [4.78, 5) is 31.2. The Bertz CT molecular complexity index is 1280. The van der Waals surface area contributed by atoms with E-state index < -0.39 is 0 Å². The van der Waals surface area contributed by atoms with Gasteiger partial charge in [-0.2, -0.15) is 0 Å². The van der Waals surface area contributed by atoms with E-state index >= 15 is 0 Å². The molecule has 2 amide bonds. The normalized spacial score (nSPS) is 15.8. The van der Waals surface area contributed by atoms with Crippen LogP contribution in [0.5, 0.6) is 5.75 Å². The minimum Gasteiger partial charge on any atom is -0.493 e. The van der Waals surface area contributed by atoms with Gasteiger partial charge in [0.15, 0.2) is 0 Å². The van der Waals surface area contributed by atoms with Crippen molar-refractivity contribution in [2.75, 3.05) is 39.3 Å². The number of nitrogens with one attached hydrogen (secondary N) is 2. The Morgan fingerprint density at radius 3 is 2.45 bits per heavy atom. The van der Waals surface area contributed by atoms with E-state index in [-0.39, 0.29) is 24.4 Å². The molecule has 7 heteroatoms. The third-order valence-corrected chi connectivity index (χ3v) is 7.95. The van der Waals surface area contributed by atoms with E-state index in [4.69, 9.17) is 4.74 Å². The molecule has 0 radical (unpaired) electrons. The summed E-state index contributed by atoms with van der Waals surface area (Å²) < 4.78 is 6.28. The maximum absolute atomic E-state index is 13.9. The van der Waals surface area contributed by atoms with Gasteiger partial charge in [0.25, 0.3) is 5.91 Å². The van der Waals surface area contributed by atoms with Gasteiger partial charge in [-0.15, -0.1) is 0 Å². The van der Waals surface area contributed by atoms with Crippen LogP contribution < -0.4 is 15.4 Å². The lowest BCUT2D eigenvalue weighted by Crippen LogP contribution is -2.39. The maximum Gasteiger partial charge on any atom is 0.251 e. The molecular formula is C35H46N4O3. The number of benzene rings is 3. The van der Waals surface area contributed by atoms with E-state index in [1.54, 1.807) is 0 Å². The number of nitrogens with zero attached hydrogens (tertiary/aromatic N) is 2. The van der Waals surface area contributed by atoms with E-state index in [1.807, 2.05) is 36.4 Å². The van der Waals surface area contributed by atoms with Crippen LogP contribution in [0.3, 0.4) is 0 Å². The Morgan fingerprint density at radius 1 is 0.952 bits per heavy atom. The monoisotopic (exact) mass is 570 g/mol. The molecule has 0 saturated heterocycles. The van der Waals surface area contributed by atoms with E-state index in [9.17, 15) is 9.59 Å². The molecule has 1 heterocycles. The second-order valence-corrected chi connectivity index (χ2v) is 11.0. The van der Waals surface area contributed by atoms with Crippen molar-refractivity contribution in [2.24, 2.45) is 0 Å². The first-order valence-electron chi connectivity index (χ1n) is 15.3. The van der Waals surface area contributed by atoms with Gasteiger partial charge in [-0.3, -0.25) is 19.4 Å². The first-order valence-corrected chi connectivity index (χ1v) is 15.3. The summed E-state index contributed by atoms with van der Waals surface area (Å²) in [5.74, 6) is 0.571. The van der Waals surface area contributed by atoms with Crippen LogP contribution in [0.4, 0.5) is 0 Å². The maximum atomic E-state index is 13.9. The lowest BCUT2D eigenvalue weighted by Gasteiger charge is -2.30. The highest BCUT2D eigenvalue weighted by Gasteiger charge is 2.23. The lowest BCUT2D eigenvalue weighted by molar-refractivity contribution is -0.122. The average Bonchev–Trinajstić information content (AvgIpc) is 3.01. The van der Waals surface area contributed by atoms with Crippen molar-refractivity contribution < 1.29 is 14.3 Å². The van der Waals surface area contributed by atoms with E-state index in [0.717, 1.165) is 43.5 Å². The van der Waals surface area contributed by atoms with Crippen LogP contribution in [0.2, 0.25) is 0 Å². The molecule has 0 spiro atoms. The summed E-state index contributed by atoms with van der Waals surface area (Å²) in [5, 5.41) is 6.31. The van der Waals surface area contributed by atoms with Crippen molar-refractivity contribution in [3.8, 4) is 5.75 Å². The Kier molecular flexibility index (Phi) is 12.0. The zero-order valence-electron chi connectivity index (χ0n) is 25.4. The molecule has 1 aliphatic rings. The molecule has 0 fully saturated rings. The molecule has 0 saturated carbocycles. The third-order valence-electron chi connectivity index (χ3n) is 7.95. The van der Waals surface area contributed by atoms with Crippen LogP contribution >= 0.6 is 0 Å². The zero-order valence-corrected chi connectivity index (χ0v) is 25.4. The van der Waals surface area contributed by atoms with Gasteiger partial charge in [-0.05, 0) is 62.5 Å². The first kappa shape index (κ1) is 31.3. The van der Waals surface area contributed by atoms with Crippen molar-refractivity contribution in [2.45, 2.75) is 59.2 Å². The molecule has 3 aromatic rings. The molecule has 1 atom stereocenters. The van der Waals surface area contributed by atoms with Crippen LogP contribution in [-0.2, 0) is 17.9 Å². The summed E-state index contributed by atoms with van der Waals surface area (Å²) in [7, 11) is 0. The minimum atomic E-state index is -0.131. The summed E-state index contributed by atoms with van der Waals surface area (Å²) in [6.45, 7) is 11.1. The van der Waals surface area contributed by atoms with Gasteiger partial charge >= 0.3 is 0 Å². The summed E-state index contributed by atoms with van der Waals surface area (Å²) >= 11 is 0. The lowest BCUT2D eigenvalue weighted by atomic mass is 10.0. The molecular weight excluding hydrogens is 524 g/mol. The number of fused-ring (bicyclic) bond motifs is 1. The second-order valence-electron chi connectivity index (χ2n) is 11.0. The van der Waals surface area contributed by atoms with Crippen LogP contribution in [0.25, 0.3) is 0 Å². The van der Waals surface area contributed by atoms with Crippen molar-refractivity contribution in [1.82, 2.24) is 20.4 Å². The molecule has 2 N–H and O–H groups in total. The van der Waals surface area contributed by atoms with Crippen molar-refractivity contribution >= 4 is 11.8 Å². The first-order chi connectivity index (χ1) is 20.5. The van der Waals surface area contributed by atoms with Gasteiger partial charge in [0.05, 0.1) is 19.2 Å². The SMILES string of the molecule is CCN(CC)C(CNC(=O)c1cccc2c1CN(Cc1ccccc1)CC(=O)NCCCCCO2)c1ccc(C)cc1. The Labute approximate surface area is 251 Å². The van der Waals surface area contributed by atoms with Crippen LogP contribution in [0.1, 0.15) is 71.8 Å². The largest absolute Gasteiger partial charge is 0.493 e. The number of ether oxygens (including phenoxy) is 1. The Morgan fingerprint density at radius 2 is 1.71 bits per heavy atom. The predicted octanol–water partition coefficient (Wildman–Crippen LogP) is 5.49. The Hall–Kier alpha value is -3.68. The fraction of sp³-hybridized carbons (Fsp3) is 0.429. The number of aryl methyl sites for hydroxylation is 1. The number of carbonyl (C=O) groups excluding carboxylic acids is 2. The quantitative estimate of drug-likeness (QED) is 0.356. The van der Waals surface area contributed by atoms with E-state index in [2.05, 4.69) is 77.6 Å². The molecule has 1 aliphatic heterocycles. The van der Waals surface area contributed by atoms with Gasteiger partial charge in [0.2, 0.25) is 5.91 Å². The molecule has 224 valence electrons. The molecule has 0 aromatic heterocycles. The van der Waals surface area contributed by atoms with Gasteiger partial charge in [0, 0.05) is 37.3 Å². The van der Waals surface area contributed by atoms with Crippen molar-refractivity contribution in [3.63, 3.8) is 0 Å². The number of carbonyl (C=O) groups is 2. The third kappa shape index (κ3) is 8.91. The summed E-state index contributed by atoms with van der Waals surface area (Å²) in [6.07, 6.45) is 2.77. The topological polar surface area (TPSA) is 73.9 Å². The van der Waals surface area contributed by atoms with Crippen molar-refractivity contribution in [1.29, 1.82) is 0 Å². The van der Waals surface area contributed by atoms with Crippen LogP contribution in [0, 0.1) is 6.92 Å². The minimum absolute atomic E-state index is 0.00487. The zero-order chi connectivity index (χ0) is 29.7. The highest BCUT2D eigenvalue weighted by molar-refractivity contribution is 5.96. The average molecular weight is 571 g/mol. The number of likely N-dealkylation sites (N-methyl/N-ethyl adjacent to an activating group) is 1. The summed E-state index contributed by atoms with van der Waals surface area (Å²) in [5.41, 5.74) is 4.91. The molecule has 0 aliphatic carbocycles. The molecule has 7 nitrogen and oxygen atoms in total. The van der Waals surface area contributed by atoms with Gasteiger partial charge < -0.3 is 15.4 Å². The van der Waals surface area contributed by atoms with Crippen LogP contribution in [0.15, 0.2) is 72.8 Å². The van der Waals surface area contributed by atoms with Gasteiger partial charge in [0.1, 0.15) is 5.75 Å². The standard InChI is InChI=1S/C35H46N4O3/c1-4-39(5-2)32(29-19-17-27(3)18-20-29)23-37-35(41)30-15-12-16-33-31(30)25-38(24-28-13-8-6-9-14-28)26-34(40)36-21-10-7-11-22-42-33/h6,8-9,12-20,32H,4-5,7,10-11,21-26H2,1-3H3,(H,36,40)(H,37,41). The molecule has 4 rings (SSSR count). The second kappa shape index (κ2) is 16.1. The smallest absolute Gasteiger partial charge is 0.251 e. The number of hydrogen-bond acceptors (Lipinski definition) is 5. The molecule has 0 bridgehead atoms. The van der Waals surface area contributed by atoms with E-state index in [0.29, 0.717) is 44.1 Å². The Balaban J connectivity index is 1.62. The highest BCUT2D eigenvalue weighted by Crippen LogP contribution is 2.27. The number of amides is 2. The molecule has 42 heavy (non-hydrogen) atoms. The molecule has 3 aromatic carbocycles. The fourth-order valence-electron chi connectivity index (χ4n) is 5.58. The van der Waals surface area contributed by atoms with Crippen LogP contribution in [-0.4, -0.2) is 60.9 Å². The van der Waals surface area contributed by atoms with Gasteiger partial charge in [-0.25, -0.2) is 0 Å². The predicted molar refractivity (Wildman–Crippen MR) is 169 cm³/mol. The fourth-order valence-corrected chi connectivity index (χ4v) is 5.58. The number of hydrogen-bond donors (Lipinski definition) is 2.